The van der Waals surface area contributed by atoms with Crippen LogP contribution in [0.4, 0.5) is 4.39 Å². The number of hydrogen-bond donors (Lipinski definition) is 2. The highest BCUT2D eigenvalue weighted by molar-refractivity contribution is 6.06. The molecular formula is C18H27FN2O. The average Bonchev–Trinajstić information content (AvgIpc) is 2.51. The van der Waals surface area contributed by atoms with E-state index in [1.54, 1.807) is 0 Å². The molecule has 1 fully saturated rings. The zero-order valence-corrected chi connectivity index (χ0v) is 14.0. The van der Waals surface area contributed by atoms with Crippen LogP contribution in [0.25, 0.3) is 5.70 Å². The zero-order valence-electron chi connectivity index (χ0n) is 14.0. The number of hydrogen-bond acceptors (Lipinski definition) is 3. The van der Waals surface area contributed by atoms with Crippen molar-refractivity contribution in [1.82, 2.24) is 0 Å². The molecule has 1 aliphatic rings. The summed E-state index contributed by atoms with van der Waals surface area (Å²) in [5.74, 6) is -0.398. The predicted molar refractivity (Wildman–Crippen MR) is 91.6 cm³/mol. The van der Waals surface area contributed by atoms with Crippen LogP contribution in [0, 0.1) is 5.82 Å². The van der Waals surface area contributed by atoms with Gasteiger partial charge in [-0.05, 0) is 63.3 Å². The van der Waals surface area contributed by atoms with Gasteiger partial charge in [-0.1, -0.05) is 13.8 Å². The maximum absolute atomic E-state index is 13.9. The largest absolute Gasteiger partial charge is 0.508 e. The number of benzene rings is 1. The molecule has 3 nitrogen and oxygen atoms in total. The average molecular weight is 306 g/mol. The molecule has 1 aromatic rings. The molecule has 1 aliphatic carbocycles. The summed E-state index contributed by atoms with van der Waals surface area (Å²) in [5.41, 5.74) is 8.72. The number of nitrogens with two attached hydrogens (primary N) is 1. The van der Waals surface area contributed by atoms with Crippen LogP contribution >= 0.6 is 0 Å². The number of halogens is 1. The van der Waals surface area contributed by atoms with E-state index in [4.69, 9.17) is 5.73 Å². The minimum Gasteiger partial charge on any atom is -0.508 e. The Balaban J connectivity index is 0.00000116. The van der Waals surface area contributed by atoms with E-state index in [1.165, 1.54) is 18.2 Å². The van der Waals surface area contributed by atoms with Crippen molar-refractivity contribution in [2.45, 2.75) is 59.4 Å². The normalized spacial score (nSPS) is 18.9. The van der Waals surface area contributed by atoms with Gasteiger partial charge in [0.1, 0.15) is 11.6 Å². The Morgan fingerprint density at radius 2 is 1.86 bits per heavy atom. The van der Waals surface area contributed by atoms with Crippen molar-refractivity contribution >= 4 is 11.4 Å². The van der Waals surface area contributed by atoms with E-state index >= 15 is 0 Å². The van der Waals surface area contributed by atoms with Crippen molar-refractivity contribution in [3.8, 4) is 5.75 Å². The Kier molecular flexibility index (Phi) is 7.09. The first-order valence-electron chi connectivity index (χ1n) is 8.03. The van der Waals surface area contributed by atoms with Crippen LogP contribution in [0.3, 0.4) is 0 Å². The van der Waals surface area contributed by atoms with Crippen molar-refractivity contribution in [3.63, 3.8) is 0 Å². The molecule has 0 atom stereocenters. The summed E-state index contributed by atoms with van der Waals surface area (Å²) in [6.45, 7) is 8.04. The van der Waals surface area contributed by atoms with Gasteiger partial charge >= 0.3 is 0 Å². The minimum absolute atomic E-state index is 0.0168. The van der Waals surface area contributed by atoms with Crippen LogP contribution in [0.5, 0.6) is 5.75 Å². The highest BCUT2D eigenvalue weighted by atomic mass is 19.1. The van der Waals surface area contributed by atoms with Gasteiger partial charge in [0.15, 0.2) is 0 Å². The molecule has 0 saturated heterocycles. The Hall–Kier alpha value is -1.84. The van der Waals surface area contributed by atoms with Crippen LogP contribution in [0.15, 0.2) is 28.8 Å². The molecule has 0 bridgehead atoms. The fourth-order valence-electron chi connectivity index (χ4n) is 2.52. The van der Waals surface area contributed by atoms with Gasteiger partial charge in [-0.15, -0.1) is 0 Å². The topological polar surface area (TPSA) is 58.6 Å². The lowest BCUT2D eigenvalue weighted by Crippen LogP contribution is -2.17. The summed E-state index contributed by atoms with van der Waals surface area (Å²) in [6, 6.07) is 4.13. The lowest BCUT2D eigenvalue weighted by Gasteiger charge is -2.21. The number of aliphatic imine (C=N–C) groups is 1. The van der Waals surface area contributed by atoms with Gasteiger partial charge < -0.3 is 10.8 Å². The van der Waals surface area contributed by atoms with E-state index in [0.29, 0.717) is 5.70 Å². The molecule has 22 heavy (non-hydrogen) atoms. The van der Waals surface area contributed by atoms with Crippen LogP contribution in [-0.2, 0) is 0 Å². The van der Waals surface area contributed by atoms with E-state index < -0.39 is 5.82 Å². The third-order valence-corrected chi connectivity index (χ3v) is 3.42. The fraction of sp³-hybridized carbons (Fsp3) is 0.500. The molecule has 122 valence electrons. The van der Waals surface area contributed by atoms with Gasteiger partial charge in [-0.25, -0.2) is 4.39 Å². The standard InChI is InChI=1S/C16H21FN2O.C2H6/c1-10(2)19-15-6-4-3-5-12(15)16(18)13-9-11(20)7-8-14(13)17;1-2/h7-10,20H,3-6,18H2,1-2H3;1-2H3/b16-12-,19-15?;. The van der Waals surface area contributed by atoms with Crippen LogP contribution in [-0.4, -0.2) is 16.9 Å². The molecule has 0 aromatic heterocycles. The molecule has 0 radical (unpaired) electrons. The molecule has 2 rings (SSSR count). The summed E-state index contributed by atoms with van der Waals surface area (Å²) < 4.78 is 13.9. The highest BCUT2D eigenvalue weighted by Crippen LogP contribution is 2.29. The quantitative estimate of drug-likeness (QED) is 0.835. The second-order valence-corrected chi connectivity index (χ2v) is 5.43. The van der Waals surface area contributed by atoms with Crippen LogP contribution in [0.1, 0.15) is 58.9 Å². The Morgan fingerprint density at radius 3 is 2.50 bits per heavy atom. The summed E-state index contributed by atoms with van der Waals surface area (Å²) in [6.07, 6.45) is 3.82. The SMILES string of the molecule is CC.CC(C)N=C1CCCC/C1=C(/N)c1cc(O)ccc1F. The highest BCUT2D eigenvalue weighted by Gasteiger charge is 2.19. The molecule has 4 heteroatoms. The van der Waals surface area contributed by atoms with Gasteiger partial charge in [0.05, 0.1) is 0 Å². The molecule has 3 N–H and O–H groups in total. The second kappa shape index (κ2) is 8.57. The van der Waals surface area contributed by atoms with Crippen molar-refractivity contribution in [1.29, 1.82) is 0 Å². The maximum Gasteiger partial charge on any atom is 0.132 e. The number of rotatable bonds is 2. The summed E-state index contributed by atoms with van der Waals surface area (Å²) in [4.78, 5) is 4.61. The smallest absolute Gasteiger partial charge is 0.132 e. The van der Waals surface area contributed by atoms with E-state index in [1.807, 2.05) is 27.7 Å². The molecule has 1 saturated carbocycles. The van der Waals surface area contributed by atoms with Crippen LogP contribution < -0.4 is 5.73 Å². The lowest BCUT2D eigenvalue weighted by molar-refractivity contribution is 0.472. The van der Waals surface area contributed by atoms with Gasteiger partial charge in [0.2, 0.25) is 0 Å². The summed E-state index contributed by atoms with van der Waals surface area (Å²) >= 11 is 0. The number of allylic oxidation sites excluding steroid dienone is 1. The molecule has 0 heterocycles. The van der Waals surface area contributed by atoms with E-state index in [2.05, 4.69) is 4.99 Å². The third kappa shape index (κ3) is 4.58. The monoisotopic (exact) mass is 306 g/mol. The van der Waals surface area contributed by atoms with E-state index in [9.17, 15) is 9.50 Å². The maximum atomic E-state index is 13.9. The predicted octanol–water partition coefficient (Wildman–Crippen LogP) is 4.65. The van der Waals surface area contributed by atoms with E-state index in [0.717, 1.165) is 37.0 Å². The zero-order chi connectivity index (χ0) is 16.7. The van der Waals surface area contributed by atoms with Gasteiger partial charge in [0.25, 0.3) is 0 Å². The molecule has 0 unspecified atom stereocenters. The molecule has 0 aliphatic heterocycles. The van der Waals surface area contributed by atoms with Crippen molar-refractivity contribution in [3.05, 3.63) is 35.2 Å². The Morgan fingerprint density at radius 1 is 1.23 bits per heavy atom. The number of aromatic hydroxyl groups is 1. The lowest BCUT2D eigenvalue weighted by atomic mass is 9.89. The Labute approximate surface area is 132 Å². The molecule has 0 amide bonds. The minimum atomic E-state index is -0.415. The summed E-state index contributed by atoms with van der Waals surface area (Å²) in [5, 5.41) is 9.52. The van der Waals surface area contributed by atoms with Gasteiger partial charge in [-0.2, -0.15) is 0 Å². The van der Waals surface area contributed by atoms with Gasteiger partial charge in [-0.3, -0.25) is 4.99 Å². The van der Waals surface area contributed by atoms with Crippen molar-refractivity contribution in [2.75, 3.05) is 0 Å². The first kappa shape index (κ1) is 18.2. The second-order valence-electron chi connectivity index (χ2n) is 5.43. The van der Waals surface area contributed by atoms with E-state index in [-0.39, 0.29) is 17.4 Å². The molecular weight excluding hydrogens is 279 g/mol. The Bertz CT molecular complexity index is 562. The molecule has 0 spiro atoms. The van der Waals surface area contributed by atoms with Crippen molar-refractivity contribution < 1.29 is 9.50 Å². The van der Waals surface area contributed by atoms with Crippen LogP contribution in [0.2, 0.25) is 0 Å². The number of nitrogens with zero attached hydrogens (tertiary/aromatic N) is 1. The molecule has 1 aromatic carbocycles. The first-order valence-corrected chi connectivity index (χ1v) is 8.03. The summed E-state index contributed by atoms with van der Waals surface area (Å²) in [7, 11) is 0. The number of phenolic OH excluding ortho intramolecular Hbond substituents is 1. The number of phenols is 1. The van der Waals surface area contributed by atoms with Crippen molar-refractivity contribution in [2.24, 2.45) is 10.7 Å². The first-order chi connectivity index (χ1) is 10.5. The fourth-order valence-corrected chi connectivity index (χ4v) is 2.52. The third-order valence-electron chi connectivity index (χ3n) is 3.42. The van der Waals surface area contributed by atoms with Gasteiger partial charge in [0, 0.05) is 23.0 Å².